The molecule has 0 saturated carbocycles. The van der Waals surface area contributed by atoms with Crippen molar-refractivity contribution in [3.63, 3.8) is 0 Å². The lowest BCUT2D eigenvalue weighted by molar-refractivity contribution is -0.401. The molecule has 0 radical (unpaired) electrons. The van der Waals surface area contributed by atoms with Crippen LogP contribution in [0.2, 0.25) is 0 Å². The van der Waals surface area contributed by atoms with Gasteiger partial charge < -0.3 is 4.90 Å². The minimum atomic E-state index is -0.00666. The van der Waals surface area contributed by atoms with Crippen molar-refractivity contribution in [1.82, 2.24) is 0 Å². The fourth-order valence-corrected chi connectivity index (χ4v) is 7.14. The smallest absolute Gasteiger partial charge is 0.209 e. The highest BCUT2D eigenvalue weighted by Gasteiger charge is 2.42. The average Bonchev–Trinajstić information content (AvgIpc) is 3.22. The molecule has 2 aromatic rings. The molecule has 0 unspecified atom stereocenters. The number of likely N-dealkylation sites (N-methyl/N-ethyl adjacent to an activating group) is 1. The third-order valence-corrected chi connectivity index (χ3v) is 9.56. The quantitative estimate of drug-likeness (QED) is 0.356. The highest BCUT2D eigenvalue weighted by Crippen LogP contribution is 2.47. The molecule has 2 aliphatic heterocycles. The molecule has 0 atom stereocenters. The molecule has 0 bridgehead atoms. The lowest BCUT2D eigenvalue weighted by atomic mass is 9.72. The van der Waals surface area contributed by atoms with E-state index >= 15 is 0 Å². The van der Waals surface area contributed by atoms with E-state index in [2.05, 4.69) is 158 Å². The Hall–Kier alpha value is -3.39. The molecule has 2 nitrogen and oxygen atoms in total. The maximum absolute atomic E-state index is 2.47. The number of allylic oxidation sites excluding steroid dienone is 10. The van der Waals surface area contributed by atoms with E-state index in [4.69, 9.17) is 0 Å². The second-order valence-electron chi connectivity index (χ2n) is 13.9. The fourth-order valence-electron chi connectivity index (χ4n) is 7.14. The van der Waals surface area contributed by atoms with Gasteiger partial charge in [-0.3, -0.25) is 0 Å². The van der Waals surface area contributed by atoms with E-state index in [9.17, 15) is 0 Å². The third kappa shape index (κ3) is 4.76. The molecule has 208 valence electrons. The van der Waals surface area contributed by atoms with Crippen molar-refractivity contribution in [3.8, 4) is 0 Å². The molecular formula is C38H47N2+. The fraction of sp³-hybridized carbons (Fsp3) is 0.395. The van der Waals surface area contributed by atoms with Gasteiger partial charge in [-0.25, -0.2) is 0 Å². The average molecular weight is 532 g/mol. The monoisotopic (exact) mass is 531 g/mol. The van der Waals surface area contributed by atoms with Crippen LogP contribution in [0, 0.1) is 5.41 Å². The van der Waals surface area contributed by atoms with E-state index in [1.54, 1.807) is 0 Å². The molecular weight excluding hydrogens is 484 g/mol. The molecule has 5 rings (SSSR count). The molecule has 0 spiro atoms. The molecule has 0 aromatic heterocycles. The van der Waals surface area contributed by atoms with Crippen molar-refractivity contribution in [3.05, 3.63) is 118 Å². The Morgan fingerprint density at radius 2 is 1.50 bits per heavy atom. The van der Waals surface area contributed by atoms with Gasteiger partial charge in [0.15, 0.2) is 5.71 Å². The number of rotatable bonds is 4. The summed E-state index contributed by atoms with van der Waals surface area (Å²) in [5.41, 5.74) is 13.9. The summed E-state index contributed by atoms with van der Waals surface area (Å²) in [6.45, 7) is 18.7. The van der Waals surface area contributed by atoms with Gasteiger partial charge in [-0.05, 0) is 85.9 Å². The number of hydrogen-bond acceptors (Lipinski definition) is 1. The van der Waals surface area contributed by atoms with Gasteiger partial charge in [0.05, 0.1) is 5.41 Å². The first-order valence-corrected chi connectivity index (χ1v) is 14.8. The summed E-state index contributed by atoms with van der Waals surface area (Å²) in [5, 5.41) is 0. The molecule has 0 amide bonds. The predicted molar refractivity (Wildman–Crippen MR) is 173 cm³/mol. The van der Waals surface area contributed by atoms with Gasteiger partial charge in [-0.15, -0.1) is 0 Å². The molecule has 3 aliphatic rings. The van der Waals surface area contributed by atoms with Gasteiger partial charge >= 0.3 is 0 Å². The summed E-state index contributed by atoms with van der Waals surface area (Å²) in [4.78, 5) is 2.36. The zero-order chi connectivity index (χ0) is 29.0. The second-order valence-corrected chi connectivity index (χ2v) is 13.9. The Balaban J connectivity index is 1.46. The Bertz CT molecular complexity index is 1550. The van der Waals surface area contributed by atoms with Crippen LogP contribution in [0.3, 0.4) is 0 Å². The lowest BCUT2D eigenvalue weighted by Gasteiger charge is -2.32. The van der Waals surface area contributed by atoms with E-state index in [-0.39, 0.29) is 16.2 Å². The number of hydrogen-bond donors (Lipinski definition) is 0. The van der Waals surface area contributed by atoms with Gasteiger partial charge in [0.2, 0.25) is 5.69 Å². The van der Waals surface area contributed by atoms with Crippen molar-refractivity contribution in [2.45, 2.75) is 79.1 Å². The van der Waals surface area contributed by atoms with E-state index in [1.807, 2.05) is 0 Å². The topological polar surface area (TPSA) is 6.25 Å². The van der Waals surface area contributed by atoms with Crippen LogP contribution in [0.25, 0.3) is 0 Å². The SMILES string of the molecule is CC(/C=C/C1=[N+](C)c2ccccc2C1(C)C)=C1C=C(/C(C)=C/C=C2\N(C)c3ccccc3C2(C)C)CC(C)(C)C/1. The Morgan fingerprint density at radius 1 is 0.850 bits per heavy atom. The molecule has 0 fully saturated rings. The molecule has 1 aliphatic carbocycles. The van der Waals surface area contributed by atoms with Gasteiger partial charge in [0.1, 0.15) is 7.05 Å². The molecule has 0 saturated heterocycles. The van der Waals surface area contributed by atoms with Crippen LogP contribution in [-0.2, 0) is 10.8 Å². The van der Waals surface area contributed by atoms with Crippen molar-refractivity contribution in [1.29, 1.82) is 0 Å². The van der Waals surface area contributed by atoms with Crippen molar-refractivity contribution < 1.29 is 4.58 Å². The number of anilines is 1. The standard InChI is InChI=1S/C38H47N2/c1-26(19-21-34-37(5,6)30-15-11-13-17-32(30)39(34)9)28-23-29(25-36(3,4)24-28)27(2)20-22-35-38(7,8)31-16-12-14-18-33(31)40(35)10/h11-23H,24-25H2,1-10H3/q+1. The summed E-state index contributed by atoms with van der Waals surface area (Å²) in [5.74, 6) is 0. The van der Waals surface area contributed by atoms with Gasteiger partial charge in [0.25, 0.3) is 0 Å². The normalized spacial score (nSPS) is 23.6. The second kappa shape index (κ2) is 9.91. The number of benzene rings is 2. The largest absolute Gasteiger partial charge is 0.347 e. The minimum absolute atomic E-state index is 0.00666. The first-order chi connectivity index (χ1) is 18.7. The van der Waals surface area contributed by atoms with Gasteiger partial charge in [-0.2, -0.15) is 4.58 Å². The van der Waals surface area contributed by atoms with Gasteiger partial charge in [0, 0.05) is 41.6 Å². The summed E-state index contributed by atoms with van der Waals surface area (Å²) < 4.78 is 2.36. The molecule has 2 heterocycles. The Labute approximate surface area is 242 Å². The van der Waals surface area contributed by atoms with E-state index < -0.39 is 0 Å². The van der Waals surface area contributed by atoms with Crippen molar-refractivity contribution in [2.75, 3.05) is 19.0 Å². The first-order valence-electron chi connectivity index (χ1n) is 14.8. The number of fused-ring (bicyclic) bond motifs is 2. The Kier molecular flexibility index (Phi) is 6.97. The molecule has 40 heavy (non-hydrogen) atoms. The van der Waals surface area contributed by atoms with Crippen LogP contribution < -0.4 is 4.90 Å². The van der Waals surface area contributed by atoms with Crippen molar-refractivity contribution >= 4 is 17.1 Å². The number of para-hydroxylation sites is 2. The maximum atomic E-state index is 2.47. The van der Waals surface area contributed by atoms with Crippen molar-refractivity contribution in [2.24, 2.45) is 5.41 Å². The summed E-state index contributed by atoms with van der Waals surface area (Å²) >= 11 is 0. The molecule has 0 N–H and O–H groups in total. The van der Waals surface area contributed by atoms with Crippen LogP contribution in [0.5, 0.6) is 0 Å². The van der Waals surface area contributed by atoms with Gasteiger partial charge in [-0.1, -0.05) is 82.3 Å². The summed E-state index contributed by atoms with van der Waals surface area (Å²) in [6, 6.07) is 17.6. The van der Waals surface area contributed by atoms with Crippen LogP contribution in [0.1, 0.15) is 79.4 Å². The Morgan fingerprint density at radius 3 is 2.17 bits per heavy atom. The first kappa shape index (κ1) is 28.1. The van der Waals surface area contributed by atoms with Crippen LogP contribution >= 0.6 is 0 Å². The maximum Gasteiger partial charge on any atom is 0.209 e. The highest BCUT2D eigenvalue weighted by atomic mass is 15.2. The minimum Gasteiger partial charge on any atom is -0.347 e. The molecule has 2 heteroatoms. The third-order valence-electron chi connectivity index (χ3n) is 9.56. The molecule has 2 aromatic carbocycles. The van der Waals surface area contributed by atoms with E-state index in [0.717, 1.165) is 12.8 Å². The van der Waals surface area contributed by atoms with Crippen LogP contribution in [0.15, 0.2) is 107 Å². The highest BCUT2D eigenvalue weighted by molar-refractivity contribution is 6.03. The van der Waals surface area contributed by atoms with Crippen LogP contribution in [0.4, 0.5) is 11.4 Å². The zero-order valence-corrected chi connectivity index (χ0v) is 26.3. The zero-order valence-electron chi connectivity index (χ0n) is 26.3. The van der Waals surface area contributed by atoms with Crippen LogP contribution in [-0.4, -0.2) is 24.4 Å². The summed E-state index contributed by atoms with van der Waals surface area (Å²) in [7, 11) is 4.39. The predicted octanol–water partition coefficient (Wildman–Crippen LogP) is 9.57. The van der Waals surface area contributed by atoms with E-state index in [1.165, 1.54) is 56.2 Å². The number of nitrogens with zero attached hydrogens (tertiary/aromatic N) is 2. The lowest BCUT2D eigenvalue weighted by Crippen LogP contribution is -2.26. The summed E-state index contributed by atoms with van der Waals surface area (Å²) in [6.07, 6.45) is 14.1. The van der Waals surface area contributed by atoms with E-state index in [0.29, 0.717) is 0 Å².